The Morgan fingerprint density at radius 1 is 1.25 bits per heavy atom. The van der Waals surface area contributed by atoms with Gasteiger partial charge in [-0.05, 0) is 40.8 Å². The molecule has 7 nitrogen and oxygen atoms in total. The van der Waals surface area contributed by atoms with Crippen LogP contribution in [0.25, 0.3) is 5.69 Å². The molecule has 4 rings (SSSR count). The molecule has 144 valence electrons. The summed E-state index contributed by atoms with van der Waals surface area (Å²) in [4.78, 5) is 14.5. The van der Waals surface area contributed by atoms with Crippen molar-refractivity contribution in [2.45, 2.75) is 10.5 Å². The summed E-state index contributed by atoms with van der Waals surface area (Å²) < 4.78 is 15.7. The number of hydrogen-bond acceptors (Lipinski definition) is 7. The van der Waals surface area contributed by atoms with Crippen molar-refractivity contribution >= 4 is 29.4 Å². The van der Waals surface area contributed by atoms with Gasteiger partial charge in [-0.3, -0.25) is 4.79 Å². The van der Waals surface area contributed by atoms with Gasteiger partial charge in [-0.15, -0.1) is 16.9 Å². The zero-order chi connectivity index (χ0) is 19.5. The summed E-state index contributed by atoms with van der Waals surface area (Å²) in [6, 6.07) is 13.0. The van der Waals surface area contributed by atoms with E-state index in [1.54, 1.807) is 47.0 Å². The number of halogens is 1. The minimum Gasteiger partial charge on any atom is -0.508 e. The minimum absolute atomic E-state index is 0.0940. The minimum atomic E-state index is -0.317. The predicted molar refractivity (Wildman–Crippen MR) is 105 cm³/mol. The summed E-state index contributed by atoms with van der Waals surface area (Å²) in [5.41, 5.74) is 1.20. The number of rotatable bonds is 5. The Bertz CT molecular complexity index is 982. The molecule has 0 aliphatic carbocycles. The van der Waals surface area contributed by atoms with Gasteiger partial charge >= 0.3 is 0 Å². The topological polar surface area (TPSA) is 84.1 Å². The average Bonchev–Trinajstić information content (AvgIpc) is 3.37. The third kappa shape index (κ3) is 3.83. The summed E-state index contributed by atoms with van der Waals surface area (Å²) >= 11 is 2.78. The second kappa shape index (κ2) is 8.19. The summed E-state index contributed by atoms with van der Waals surface area (Å²) in [7, 11) is 0. The van der Waals surface area contributed by atoms with E-state index in [-0.39, 0.29) is 28.6 Å². The van der Waals surface area contributed by atoms with Crippen LogP contribution in [-0.4, -0.2) is 54.2 Å². The van der Waals surface area contributed by atoms with Crippen molar-refractivity contribution in [3.8, 4) is 11.4 Å². The highest BCUT2D eigenvalue weighted by molar-refractivity contribution is 8.00. The fourth-order valence-corrected chi connectivity index (χ4v) is 4.97. The van der Waals surface area contributed by atoms with Gasteiger partial charge in [0.1, 0.15) is 16.9 Å². The molecule has 0 unspecified atom stereocenters. The highest BCUT2D eigenvalue weighted by Crippen LogP contribution is 2.39. The Hall–Kier alpha value is -2.59. The zero-order valence-electron chi connectivity index (χ0n) is 14.6. The number of aromatic nitrogens is 4. The maximum absolute atomic E-state index is 14.2. The highest BCUT2D eigenvalue weighted by atomic mass is 32.2. The number of tetrazole rings is 1. The lowest BCUT2D eigenvalue weighted by molar-refractivity contribution is -0.128. The van der Waals surface area contributed by atoms with E-state index in [0.29, 0.717) is 23.0 Å². The third-order valence-electron chi connectivity index (χ3n) is 4.24. The lowest BCUT2D eigenvalue weighted by Gasteiger charge is -2.24. The van der Waals surface area contributed by atoms with Gasteiger partial charge in [-0.25, -0.2) is 4.39 Å². The van der Waals surface area contributed by atoms with E-state index in [2.05, 4.69) is 15.5 Å². The van der Waals surface area contributed by atoms with Gasteiger partial charge < -0.3 is 10.0 Å². The largest absolute Gasteiger partial charge is 0.508 e. The summed E-state index contributed by atoms with van der Waals surface area (Å²) in [5.74, 6) is 0.656. The molecule has 0 saturated carbocycles. The lowest BCUT2D eigenvalue weighted by atomic mass is 10.2. The second-order valence-corrected chi connectivity index (χ2v) is 8.14. The molecule has 3 aromatic rings. The van der Waals surface area contributed by atoms with Gasteiger partial charge in [0.15, 0.2) is 0 Å². The first-order chi connectivity index (χ1) is 13.6. The van der Waals surface area contributed by atoms with Crippen molar-refractivity contribution in [1.29, 1.82) is 0 Å². The Labute approximate surface area is 168 Å². The number of phenols is 1. The Morgan fingerprint density at radius 2 is 2.04 bits per heavy atom. The number of nitrogens with zero attached hydrogens (tertiary/aromatic N) is 5. The van der Waals surface area contributed by atoms with Crippen LogP contribution >= 0.6 is 23.5 Å². The van der Waals surface area contributed by atoms with Crippen LogP contribution in [0, 0.1) is 5.82 Å². The van der Waals surface area contributed by atoms with Crippen LogP contribution < -0.4 is 0 Å². The molecular formula is C18H16FN5O2S2. The number of amides is 1. The molecule has 1 aliphatic heterocycles. The first-order valence-electron chi connectivity index (χ1n) is 8.49. The van der Waals surface area contributed by atoms with Gasteiger partial charge in [-0.2, -0.15) is 4.68 Å². The standard InChI is InChI=1S/C18H16FN5O2S2/c19-15-4-2-1-3-14(15)17-23(9-10-27-17)16(26)11-28-18-20-21-22-24(18)12-5-7-13(25)8-6-12/h1-8,17,25H,9-11H2/t17-/m1/s1. The van der Waals surface area contributed by atoms with E-state index in [1.165, 1.54) is 34.6 Å². The van der Waals surface area contributed by atoms with E-state index in [4.69, 9.17) is 0 Å². The number of phenolic OH excluding ortho intramolecular Hbond substituents is 1. The van der Waals surface area contributed by atoms with Crippen LogP contribution in [0.1, 0.15) is 10.9 Å². The molecule has 28 heavy (non-hydrogen) atoms. The maximum Gasteiger partial charge on any atom is 0.234 e. The SMILES string of the molecule is O=C(CSc1nnnn1-c1ccc(O)cc1)N1CCS[C@@H]1c1ccccc1F. The second-order valence-electron chi connectivity index (χ2n) is 6.01. The normalized spacial score (nSPS) is 16.5. The van der Waals surface area contributed by atoms with E-state index < -0.39 is 0 Å². The number of carbonyl (C=O) groups is 1. The molecule has 1 saturated heterocycles. The first kappa shape index (κ1) is 18.8. The molecule has 0 radical (unpaired) electrons. The number of hydrogen-bond donors (Lipinski definition) is 1. The number of benzene rings is 2. The molecule has 10 heteroatoms. The monoisotopic (exact) mass is 417 g/mol. The van der Waals surface area contributed by atoms with Gasteiger partial charge in [0.2, 0.25) is 11.1 Å². The molecule has 0 spiro atoms. The first-order valence-corrected chi connectivity index (χ1v) is 10.5. The Morgan fingerprint density at radius 3 is 2.82 bits per heavy atom. The number of aromatic hydroxyl groups is 1. The van der Waals surface area contributed by atoms with E-state index in [9.17, 15) is 14.3 Å². The fraction of sp³-hybridized carbons (Fsp3) is 0.222. The highest BCUT2D eigenvalue weighted by Gasteiger charge is 2.32. The number of thioether (sulfide) groups is 2. The Kier molecular flexibility index (Phi) is 5.49. The van der Waals surface area contributed by atoms with Crippen LogP contribution in [0.3, 0.4) is 0 Å². The van der Waals surface area contributed by atoms with Crippen LogP contribution in [0.2, 0.25) is 0 Å². The quantitative estimate of drug-likeness (QED) is 0.639. The van der Waals surface area contributed by atoms with Crippen LogP contribution in [-0.2, 0) is 4.79 Å². The van der Waals surface area contributed by atoms with Crippen molar-refractivity contribution in [2.75, 3.05) is 18.1 Å². The number of carbonyl (C=O) groups excluding carboxylic acids is 1. The lowest BCUT2D eigenvalue weighted by Crippen LogP contribution is -2.32. The van der Waals surface area contributed by atoms with E-state index >= 15 is 0 Å². The van der Waals surface area contributed by atoms with E-state index in [0.717, 1.165) is 5.75 Å². The maximum atomic E-state index is 14.2. The molecule has 1 atom stereocenters. The fourth-order valence-electron chi connectivity index (χ4n) is 2.89. The molecule has 1 amide bonds. The van der Waals surface area contributed by atoms with Gasteiger partial charge in [0.25, 0.3) is 0 Å². The summed E-state index contributed by atoms with van der Waals surface area (Å²) in [5, 5.41) is 21.1. The van der Waals surface area contributed by atoms with Gasteiger partial charge in [0.05, 0.1) is 11.4 Å². The molecule has 0 bridgehead atoms. The van der Waals surface area contributed by atoms with Crippen LogP contribution in [0.5, 0.6) is 5.75 Å². The van der Waals surface area contributed by atoms with Crippen LogP contribution in [0.15, 0.2) is 53.7 Å². The van der Waals surface area contributed by atoms with Crippen molar-refractivity contribution in [2.24, 2.45) is 0 Å². The summed E-state index contributed by atoms with van der Waals surface area (Å²) in [6.07, 6.45) is 0. The predicted octanol–water partition coefficient (Wildman–Crippen LogP) is 2.87. The van der Waals surface area contributed by atoms with Crippen molar-refractivity contribution in [3.05, 3.63) is 59.9 Å². The van der Waals surface area contributed by atoms with Crippen LogP contribution in [0.4, 0.5) is 4.39 Å². The van der Waals surface area contributed by atoms with Crippen molar-refractivity contribution < 1.29 is 14.3 Å². The molecule has 1 N–H and O–H groups in total. The van der Waals surface area contributed by atoms with Gasteiger partial charge in [0, 0.05) is 17.9 Å². The molecule has 2 heterocycles. The zero-order valence-corrected chi connectivity index (χ0v) is 16.2. The molecular weight excluding hydrogens is 401 g/mol. The van der Waals surface area contributed by atoms with Crippen molar-refractivity contribution in [3.63, 3.8) is 0 Å². The molecule has 2 aromatic carbocycles. The van der Waals surface area contributed by atoms with Crippen molar-refractivity contribution in [1.82, 2.24) is 25.1 Å². The molecule has 1 aliphatic rings. The van der Waals surface area contributed by atoms with Gasteiger partial charge in [-0.1, -0.05) is 30.0 Å². The summed E-state index contributed by atoms with van der Waals surface area (Å²) in [6.45, 7) is 0.575. The molecule has 1 aromatic heterocycles. The third-order valence-corrected chi connectivity index (χ3v) is 6.39. The smallest absolute Gasteiger partial charge is 0.234 e. The Balaban J connectivity index is 1.46. The average molecular weight is 417 g/mol. The molecule has 1 fully saturated rings. The van der Waals surface area contributed by atoms with E-state index in [1.807, 2.05) is 0 Å².